The Morgan fingerprint density at radius 2 is 1.77 bits per heavy atom. The number of aliphatic hydroxyl groups is 1. The fourth-order valence-electron chi connectivity index (χ4n) is 4.04. The van der Waals surface area contributed by atoms with Gasteiger partial charge in [-0.15, -0.1) is 0 Å². The standard InChI is InChI=1S/C26H29N3O6/c1-4-17-35-21-13-9-19(10-14-21)24(30)22-23(18-7-11-20(12-8-18)29(33)34)28(26(32)25(22)31)16-15-27(5-2)6-3/h4,7-14,23,30H,1,5-6,15-17H2,2-3H3/t23-/m1/s1. The second kappa shape index (κ2) is 11.4. The Labute approximate surface area is 204 Å². The van der Waals surface area contributed by atoms with Gasteiger partial charge in [0.2, 0.25) is 0 Å². The number of carbonyl (C=O) groups is 2. The van der Waals surface area contributed by atoms with E-state index in [1.807, 2.05) is 13.8 Å². The monoisotopic (exact) mass is 479 g/mol. The van der Waals surface area contributed by atoms with Gasteiger partial charge in [0.15, 0.2) is 0 Å². The summed E-state index contributed by atoms with van der Waals surface area (Å²) in [4.78, 5) is 40.3. The van der Waals surface area contributed by atoms with Crippen molar-refractivity contribution in [1.29, 1.82) is 0 Å². The van der Waals surface area contributed by atoms with E-state index in [9.17, 15) is 24.8 Å². The third kappa shape index (κ3) is 5.58. The molecule has 1 N–H and O–H groups in total. The second-order valence-electron chi connectivity index (χ2n) is 7.99. The third-order valence-electron chi connectivity index (χ3n) is 6.01. The molecule has 0 spiro atoms. The zero-order chi connectivity index (χ0) is 25.5. The molecule has 0 radical (unpaired) electrons. The number of amides is 1. The molecule has 0 unspecified atom stereocenters. The first kappa shape index (κ1) is 25.6. The lowest BCUT2D eigenvalue weighted by atomic mass is 9.95. The molecule has 1 atom stereocenters. The molecule has 0 saturated carbocycles. The first-order chi connectivity index (χ1) is 16.8. The summed E-state index contributed by atoms with van der Waals surface area (Å²) in [6.45, 7) is 10.3. The highest BCUT2D eigenvalue weighted by molar-refractivity contribution is 6.46. The lowest BCUT2D eigenvalue weighted by Gasteiger charge is -2.28. The van der Waals surface area contributed by atoms with Crippen LogP contribution in [0.5, 0.6) is 5.75 Å². The number of likely N-dealkylation sites (tertiary alicyclic amines) is 1. The van der Waals surface area contributed by atoms with E-state index >= 15 is 0 Å². The van der Waals surface area contributed by atoms with Crippen molar-refractivity contribution in [1.82, 2.24) is 9.80 Å². The fraction of sp³-hybridized carbons (Fsp3) is 0.308. The number of ketones is 1. The summed E-state index contributed by atoms with van der Waals surface area (Å²) in [6, 6.07) is 11.3. The van der Waals surface area contributed by atoms with Crippen molar-refractivity contribution >= 4 is 23.1 Å². The van der Waals surface area contributed by atoms with E-state index in [4.69, 9.17) is 4.74 Å². The number of benzene rings is 2. The molecule has 3 rings (SSSR count). The largest absolute Gasteiger partial charge is 0.507 e. The maximum Gasteiger partial charge on any atom is 0.295 e. The van der Waals surface area contributed by atoms with Gasteiger partial charge in [0.05, 0.1) is 16.5 Å². The number of nitro benzene ring substituents is 1. The minimum Gasteiger partial charge on any atom is -0.507 e. The Morgan fingerprint density at radius 3 is 2.31 bits per heavy atom. The van der Waals surface area contributed by atoms with Crippen LogP contribution < -0.4 is 4.74 Å². The van der Waals surface area contributed by atoms with Crippen LogP contribution in [-0.4, -0.2) is 64.3 Å². The molecular formula is C26H29N3O6. The first-order valence-corrected chi connectivity index (χ1v) is 11.4. The number of carbonyl (C=O) groups excluding carboxylic acids is 2. The van der Waals surface area contributed by atoms with Gasteiger partial charge in [0.1, 0.15) is 18.1 Å². The highest BCUT2D eigenvalue weighted by Gasteiger charge is 2.46. The minimum atomic E-state index is -0.872. The van der Waals surface area contributed by atoms with E-state index in [0.29, 0.717) is 30.0 Å². The normalized spacial score (nSPS) is 17.1. The zero-order valence-corrected chi connectivity index (χ0v) is 19.8. The number of aliphatic hydroxyl groups excluding tert-OH is 1. The average Bonchev–Trinajstić information content (AvgIpc) is 3.13. The summed E-state index contributed by atoms with van der Waals surface area (Å²) < 4.78 is 5.46. The van der Waals surface area contributed by atoms with Crippen LogP contribution in [0.25, 0.3) is 5.76 Å². The molecule has 1 aliphatic rings. The van der Waals surface area contributed by atoms with Crippen LogP contribution >= 0.6 is 0 Å². The number of non-ortho nitro benzene ring substituents is 1. The van der Waals surface area contributed by atoms with Gasteiger partial charge in [-0.3, -0.25) is 19.7 Å². The van der Waals surface area contributed by atoms with Crippen molar-refractivity contribution < 1.29 is 24.4 Å². The number of rotatable bonds is 11. The van der Waals surface area contributed by atoms with E-state index in [-0.39, 0.29) is 23.6 Å². The summed E-state index contributed by atoms with van der Waals surface area (Å²) in [5, 5.41) is 22.3. The second-order valence-corrected chi connectivity index (χ2v) is 7.99. The predicted molar refractivity (Wildman–Crippen MR) is 132 cm³/mol. The number of ether oxygens (including phenoxy) is 1. The molecule has 35 heavy (non-hydrogen) atoms. The molecule has 2 aromatic rings. The highest BCUT2D eigenvalue weighted by Crippen LogP contribution is 2.39. The number of likely N-dealkylation sites (N-methyl/N-ethyl adjacent to an activating group) is 1. The molecule has 9 nitrogen and oxygen atoms in total. The Hall–Kier alpha value is -3.98. The van der Waals surface area contributed by atoms with E-state index in [2.05, 4.69) is 11.5 Å². The molecular weight excluding hydrogens is 450 g/mol. The van der Waals surface area contributed by atoms with Crippen LogP contribution in [0.4, 0.5) is 5.69 Å². The van der Waals surface area contributed by atoms with Gasteiger partial charge in [-0.1, -0.05) is 26.5 Å². The quantitative estimate of drug-likeness (QED) is 0.130. The average molecular weight is 480 g/mol. The van der Waals surface area contributed by atoms with Crippen molar-refractivity contribution in [3.63, 3.8) is 0 Å². The lowest BCUT2D eigenvalue weighted by Crippen LogP contribution is -2.38. The predicted octanol–water partition coefficient (Wildman–Crippen LogP) is 3.92. The topological polar surface area (TPSA) is 113 Å². The van der Waals surface area contributed by atoms with Crippen molar-refractivity contribution in [2.24, 2.45) is 0 Å². The number of Topliss-reactive ketones (excluding diaryl/α,β-unsaturated/α-hetero) is 1. The van der Waals surface area contributed by atoms with Crippen LogP contribution in [0.15, 0.2) is 66.8 Å². The smallest absolute Gasteiger partial charge is 0.295 e. The molecule has 9 heteroatoms. The first-order valence-electron chi connectivity index (χ1n) is 11.4. The van der Waals surface area contributed by atoms with Crippen LogP contribution in [0.2, 0.25) is 0 Å². The van der Waals surface area contributed by atoms with E-state index < -0.39 is 22.7 Å². The van der Waals surface area contributed by atoms with Gasteiger partial charge in [-0.25, -0.2) is 0 Å². The van der Waals surface area contributed by atoms with Gasteiger partial charge in [-0.2, -0.15) is 0 Å². The highest BCUT2D eigenvalue weighted by atomic mass is 16.6. The number of nitrogens with zero attached hydrogens (tertiary/aromatic N) is 3. The number of hydrogen-bond acceptors (Lipinski definition) is 7. The van der Waals surface area contributed by atoms with Crippen molar-refractivity contribution in [3.05, 3.63) is 88.0 Å². The third-order valence-corrected chi connectivity index (χ3v) is 6.01. The molecule has 2 aromatic carbocycles. The van der Waals surface area contributed by atoms with Gasteiger partial charge in [0, 0.05) is 30.8 Å². The molecule has 184 valence electrons. The summed E-state index contributed by atoms with van der Waals surface area (Å²) in [6.07, 6.45) is 1.61. The zero-order valence-electron chi connectivity index (χ0n) is 19.8. The molecule has 1 fully saturated rings. The number of nitro groups is 1. The molecule has 0 aliphatic carbocycles. The summed E-state index contributed by atoms with van der Waals surface area (Å²) >= 11 is 0. The Balaban J connectivity index is 2.05. The van der Waals surface area contributed by atoms with Crippen molar-refractivity contribution in [2.75, 3.05) is 32.8 Å². The molecule has 1 saturated heterocycles. The molecule has 1 heterocycles. The maximum atomic E-state index is 13.1. The van der Waals surface area contributed by atoms with Crippen LogP contribution in [0.3, 0.4) is 0 Å². The SMILES string of the molecule is C=CCOc1ccc(C(O)=C2C(=O)C(=O)N(CCN(CC)CC)[C@@H]2c2ccc([N+](=O)[O-])cc2)cc1. The van der Waals surface area contributed by atoms with Gasteiger partial charge >= 0.3 is 0 Å². The summed E-state index contributed by atoms with van der Waals surface area (Å²) in [5.74, 6) is -1.26. The minimum absolute atomic E-state index is 0.0526. The van der Waals surface area contributed by atoms with E-state index in [1.165, 1.54) is 29.2 Å². The van der Waals surface area contributed by atoms with Crippen molar-refractivity contribution in [3.8, 4) is 5.75 Å². The lowest BCUT2D eigenvalue weighted by molar-refractivity contribution is -0.384. The van der Waals surface area contributed by atoms with Crippen LogP contribution in [0.1, 0.15) is 31.0 Å². The summed E-state index contributed by atoms with van der Waals surface area (Å²) in [5.41, 5.74) is 0.693. The van der Waals surface area contributed by atoms with Crippen LogP contribution in [0, 0.1) is 10.1 Å². The number of hydrogen-bond donors (Lipinski definition) is 1. The van der Waals surface area contributed by atoms with Gasteiger partial charge in [-0.05, 0) is 55.1 Å². The fourth-order valence-corrected chi connectivity index (χ4v) is 4.04. The molecule has 1 aliphatic heterocycles. The molecule has 0 aromatic heterocycles. The molecule has 0 bridgehead atoms. The van der Waals surface area contributed by atoms with Crippen molar-refractivity contribution in [2.45, 2.75) is 19.9 Å². The Bertz CT molecular complexity index is 1120. The van der Waals surface area contributed by atoms with Gasteiger partial charge in [0.25, 0.3) is 17.4 Å². The van der Waals surface area contributed by atoms with E-state index in [0.717, 1.165) is 13.1 Å². The molecule has 1 amide bonds. The summed E-state index contributed by atoms with van der Waals surface area (Å²) in [7, 11) is 0. The van der Waals surface area contributed by atoms with Crippen LogP contribution in [-0.2, 0) is 9.59 Å². The van der Waals surface area contributed by atoms with E-state index in [1.54, 1.807) is 30.3 Å². The van der Waals surface area contributed by atoms with Gasteiger partial charge < -0.3 is 19.6 Å². The Kier molecular flexibility index (Phi) is 8.38. The Morgan fingerprint density at radius 1 is 1.14 bits per heavy atom. The maximum absolute atomic E-state index is 13.1.